The standard InChI is InChI=1S/C37H72O4/c1-3-5-7-9-11-13-15-16-17-18-19-20-21-22-23-25-27-29-31-33-37(40)41-35(34-36(38)39)32-30-28-26-24-14-12-10-8-6-4-2/h35H,3-34H2,1-2H3,(H,38,39). The Hall–Kier alpha value is -1.06. The van der Waals surface area contributed by atoms with Gasteiger partial charge < -0.3 is 9.84 Å². The molecule has 0 spiro atoms. The van der Waals surface area contributed by atoms with Crippen LogP contribution in [0.2, 0.25) is 0 Å². The third-order valence-electron chi connectivity index (χ3n) is 8.56. The second kappa shape index (κ2) is 33.4. The Morgan fingerprint density at radius 2 is 0.756 bits per heavy atom. The molecule has 1 atom stereocenters. The number of carbonyl (C=O) groups excluding carboxylic acids is 1. The molecule has 1 unspecified atom stereocenters. The van der Waals surface area contributed by atoms with Gasteiger partial charge in [0.15, 0.2) is 0 Å². The van der Waals surface area contributed by atoms with Crippen LogP contribution in [-0.2, 0) is 14.3 Å². The number of carbonyl (C=O) groups is 2. The highest BCUT2D eigenvalue weighted by molar-refractivity contribution is 5.71. The third kappa shape index (κ3) is 33.3. The Balaban J connectivity index is 3.55. The first-order valence-corrected chi connectivity index (χ1v) is 18.5. The monoisotopic (exact) mass is 581 g/mol. The van der Waals surface area contributed by atoms with Crippen LogP contribution in [0.4, 0.5) is 0 Å². The van der Waals surface area contributed by atoms with Crippen molar-refractivity contribution in [1.82, 2.24) is 0 Å². The van der Waals surface area contributed by atoms with Crippen molar-refractivity contribution in [2.45, 2.75) is 225 Å². The summed E-state index contributed by atoms with van der Waals surface area (Å²) in [5, 5.41) is 9.21. The highest BCUT2D eigenvalue weighted by atomic mass is 16.5. The van der Waals surface area contributed by atoms with Gasteiger partial charge in [0.25, 0.3) is 0 Å². The number of ether oxygens (including phenoxy) is 1. The summed E-state index contributed by atoms with van der Waals surface area (Å²) in [7, 11) is 0. The molecule has 0 amide bonds. The second-order valence-corrected chi connectivity index (χ2v) is 12.8. The van der Waals surface area contributed by atoms with Crippen molar-refractivity contribution < 1.29 is 19.4 Å². The number of esters is 1. The summed E-state index contributed by atoms with van der Waals surface area (Å²) in [5.41, 5.74) is 0. The summed E-state index contributed by atoms with van der Waals surface area (Å²) in [6, 6.07) is 0. The number of unbranched alkanes of at least 4 members (excludes halogenated alkanes) is 27. The Labute approximate surface area is 256 Å². The Bertz CT molecular complexity index is 547. The molecule has 0 saturated carbocycles. The minimum atomic E-state index is -0.877. The molecule has 0 aromatic rings. The lowest BCUT2D eigenvalue weighted by molar-refractivity contribution is -0.153. The topological polar surface area (TPSA) is 63.6 Å². The van der Waals surface area contributed by atoms with Gasteiger partial charge in [-0.15, -0.1) is 0 Å². The van der Waals surface area contributed by atoms with Crippen molar-refractivity contribution in [2.24, 2.45) is 0 Å². The first-order chi connectivity index (χ1) is 20.1. The fraction of sp³-hybridized carbons (Fsp3) is 0.946. The van der Waals surface area contributed by atoms with Gasteiger partial charge in [-0.2, -0.15) is 0 Å². The molecule has 0 rings (SSSR count). The average molecular weight is 581 g/mol. The molecular formula is C37H72O4. The predicted molar refractivity (Wildman–Crippen MR) is 177 cm³/mol. The van der Waals surface area contributed by atoms with E-state index in [-0.39, 0.29) is 12.4 Å². The van der Waals surface area contributed by atoms with Crippen molar-refractivity contribution in [1.29, 1.82) is 0 Å². The van der Waals surface area contributed by atoms with Crippen molar-refractivity contribution in [2.75, 3.05) is 0 Å². The minimum Gasteiger partial charge on any atom is -0.481 e. The third-order valence-corrected chi connectivity index (χ3v) is 8.56. The molecule has 1 N–H and O–H groups in total. The molecule has 0 aliphatic rings. The average Bonchev–Trinajstić information content (AvgIpc) is 2.95. The zero-order valence-electron chi connectivity index (χ0n) is 27.9. The van der Waals surface area contributed by atoms with Gasteiger partial charge in [0, 0.05) is 6.42 Å². The van der Waals surface area contributed by atoms with Crippen molar-refractivity contribution >= 4 is 11.9 Å². The molecule has 4 nitrogen and oxygen atoms in total. The summed E-state index contributed by atoms with van der Waals surface area (Å²) < 4.78 is 5.56. The number of aliphatic carboxylic acids is 1. The van der Waals surface area contributed by atoms with Crippen molar-refractivity contribution in [3.05, 3.63) is 0 Å². The lowest BCUT2D eigenvalue weighted by Crippen LogP contribution is -2.21. The molecule has 41 heavy (non-hydrogen) atoms. The van der Waals surface area contributed by atoms with E-state index in [0.29, 0.717) is 12.8 Å². The highest BCUT2D eigenvalue weighted by Crippen LogP contribution is 2.17. The molecule has 0 aliphatic carbocycles. The smallest absolute Gasteiger partial charge is 0.307 e. The van der Waals surface area contributed by atoms with Crippen LogP contribution in [0.5, 0.6) is 0 Å². The molecule has 0 aromatic heterocycles. The van der Waals surface area contributed by atoms with Crippen LogP contribution in [0.3, 0.4) is 0 Å². The first kappa shape index (κ1) is 39.9. The van der Waals surface area contributed by atoms with Crippen LogP contribution < -0.4 is 0 Å². The fourth-order valence-corrected chi connectivity index (χ4v) is 5.85. The van der Waals surface area contributed by atoms with Crippen LogP contribution in [0.25, 0.3) is 0 Å². The minimum absolute atomic E-state index is 0.0671. The highest BCUT2D eigenvalue weighted by Gasteiger charge is 2.17. The SMILES string of the molecule is CCCCCCCCCCCCCCCCCCCCCC(=O)OC(CCCCCCCCCCCC)CC(=O)O. The molecule has 0 heterocycles. The van der Waals surface area contributed by atoms with E-state index in [1.54, 1.807) is 0 Å². The molecular weight excluding hydrogens is 508 g/mol. The van der Waals surface area contributed by atoms with Gasteiger partial charge in [-0.05, 0) is 19.3 Å². The summed E-state index contributed by atoms with van der Waals surface area (Å²) in [4.78, 5) is 23.5. The quantitative estimate of drug-likeness (QED) is 0.0607. The molecule has 0 fully saturated rings. The zero-order valence-corrected chi connectivity index (χ0v) is 27.9. The maximum absolute atomic E-state index is 12.3. The summed E-state index contributed by atoms with van der Waals surface area (Å²) in [6.07, 6.45) is 38.4. The largest absolute Gasteiger partial charge is 0.481 e. The maximum atomic E-state index is 12.3. The summed E-state index contributed by atoms with van der Waals surface area (Å²) >= 11 is 0. The van der Waals surface area contributed by atoms with Crippen LogP contribution in [0.15, 0.2) is 0 Å². The van der Waals surface area contributed by atoms with E-state index < -0.39 is 12.1 Å². The zero-order chi connectivity index (χ0) is 30.1. The van der Waals surface area contributed by atoms with Gasteiger partial charge in [0.1, 0.15) is 6.10 Å². The molecule has 4 heteroatoms. The number of carboxylic acid groups (broad SMARTS) is 1. The van der Waals surface area contributed by atoms with Crippen molar-refractivity contribution in [3.8, 4) is 0 Å². The first-order valence-electron chi connectivity index (χ1n) is 18.5. The van der Waals surface area contributed by atoms with E-state index in [1.165, 1.54) is 161 Å². The van der Waals surface area contributed by atoms with Crippen LogP contribution in [-0.4, -0.2) is 23.1 Å². The normalized spacial score (nSPS) is 12.0. The van der Waals surface area contributed by atoms with Crippen LogP contribution in [0.1, 0.15) is 219 Å². The van der Waals surface area contributed by atoms with Crippen LogP contribution >= 0.6 is 0 Å². The van der Waals surface area contributed by atoms with Gasteiger partial charge in [-0.3, -0.25) is 9.59 Å². The number of carboxylic acids is 1. The maximum Gasteiger partial charge on any atom is 0.307 e. The number of hydrogen-bond donors (Lipinski definition) is 1. The molecule has 0 bridgehead atoms. The van der Waals surface area contributed by atoms with Crippen LogP contribution in [0, 0.1) is 0 Å². The Morgan fingerprint density at radius 3 is 1.07 bits per heavy atom. The Morgan fingerprint density at radius 1 is 0.463 bits per heavy atom. The number of rotatable bonds is 34. The van der Waals surface area contributed by atoms with E-state index >= 15 is 0 Å². The van der Waals surface area contributed by atoms with Gasteiger partial charge in [-0.25, -0.2) is 0 Å². The molecule has 244 valence electrons. The molecule has 0 aromatic carbocycles. The molecule has 0 saturated heterocycles. The summed E-state index contributed by atoms with van der Waals surface area (Å²) in [6.45, 7) is 4.53. The Kier molecular flexibility index (Phi) is 32.6. The lowest BCUT2D eigenvalue weighted by Gasteiger charge is -2.16. The summed E-state index contributed by atoms with van der Waals surface area (Å²) in [5.74, 6) is -1.09. The van der Waals surface area contributed by atoms with E-state index in [2.05, 4.69) is 13.8 Å². The molecule has 0 radical (unpaired) electrons. The van der Waals surface area contributed by atoms with Gasteiger partial charge in [0.05, 0.1) is 6.42 Å². The lowest BCUT2D eigenvalue weighted by atomic mass is 10.0. The second-order valence-electron chi connectivity index (χ2n) is 12.8. The van der Waals surface area contributed by atoms with E-state index in [4.69, 9.17) is 4.74 Å². The van der Waals surface area contributed by atoms with E-state index in [9.17, 15) is 14.7 Å². The van der Waals surface area contributed by atoms with E-state index in [1.807, 2.05) is 0 Å². The van der Waals surface area contributed by atoms with Crippen molar-refractivity contribution in [3.63, 3.8) is 0 Å². The fourth-order valence-electron chi connectivity index (χ4n) is 5.85. The van der Waals surface area contributed by atoms with Gasteiger partial charge >= 0.3 is 11.9 Å². The van der Waals surface area contributed by atoms with E-state index in [0.717, 1.165) is 25.7 Å². The van der Waals surface area contributed by atoms with Gasteiger partial charge in [0.2, 0.25) is 0 Å². The molecule has 0 aliphatic heterocycles. The van der Waals surface area contributed by atoms with Gasteiger partial charge in [-0.1, -0.05) is 187 Å². The number of hydrogen-bond acceptors (Lipinski definition) is 3. The predicted octanol–water partition coefficient (Wildman–Crippen LogP) is 12.5.